The fraction of sp³-hybridized carbons (Fsp3) is 0.500. The number of ether oxygens (including phenoxy) is 1. The normalized spacial score (nSPS) is 14.9. The summed E-state index contributed by atoms with van der Waals surface area (Å²) < 4.78 is 5.58. The summed E-state index contributed by atoms with van der Waals surface area (Å²) in [5, 5.41) is 8.76. The van der Waals surface area contributed by atoms with Crippen LogP contribution in [0.5, 0.6) is 5.75 Å². The Morgan fingerprint density at radius 3 is 2.74 bits per heavy atom. The van der Waals surface area contributed by atoms with E-state index in [0.717, 1.165) is 13.1 Å². The molecule has 0 saturated carbocycles. The molecule has 1 atom stereocenters. The summed E-state index contributed by atoms with van der Waals surface area (Å²) in [4.78, 5) is 22.9. The van der Waals surface area contributed by atoms with Crippen molar-refractivity contribution in [3.05, 3.63) is 24.3 Å². The third-order valence-electron chi connectivity index (χ3n) is 3.76. The predicted octanol–water partition coefficient (Wildman–Crippen LogP) is 1.42. The quantitative estimate of drug-likeness (QED) is 0.655. The zero-order valence-electron chi connectivity index (χ0n) is 13.4. The van der Waals surface area contributed by atoms with E-state index >= 15 is 0 Å². The van der Waals surface area contributed by atoms with Gasteiger partial charge in [-0.3, -0.25) is 9.59 Å². The van der Waals surface area contributed by atoms with Crippen molar-refractivity contribution in [2.45, 2.75) is 13.8 Å². The van der Waals surface area contributed by atoms with Gasteiger partial charge in [-0.25, -0.2) is 0 Å². The van der Waals surface area contributed by atoms with Gasteiger partial charge in [0.05, 0.1) is 6.54 Å². The lowest BCUT2D eigenvalue weighted by atomic mass is 9.88. The molecule has 0 bridgehead atoms. The van der Waals surface area contributed by atoms with Crippen molar-refractivity contribution in [2.24, 2.45) is 11.8 Å². The highest BCUT2D eigenvalue weighted by Gasteiger charge is 2.28. The molecule has 6 nitrogen and oxygen atoms in total. The van der Waals surface area contributed by atoms with E-state index in [-0.39, 0.29) is 30.1 Å². The lowest BCUT2D eigenvalue weighted by Gasteiger charge is -2.31. The van der Waals surface area contributed by atoms with Crippen molar-refractivity contribution < 1.29 is 14.3 Å². The van der Waals surface area contributed by atoms with Crippen molar-refractivity contribution in [3.8, 4) is 5.75 Å². The highest BCUT2D eigenvalue weighted by Crippen LogP contribution is 2.17. The predicted molar refractivity (Wildman–Crippen MR) is 92.0 cm³/mol. The summed E-state index contributed by atoms with van der Waals surface area (Å²) in [7, 11) is 0. The van der Waals surface area contributed by atoms with Crippen LogP contribution in [-0.4, -0.2) is 38.1 Å². The molecule has 0 aromatic heterocycles. The Morgan fingerprint density at radius 1 is 1.39 bits per heavy atom. The Labute approximate surface area is 142 Å². The second-order valence-corrected chi connectivity index (χ2v) is 5.56. The minimum Gasteiger partial charge on any atom is -0.492 e. The number of halogens is 1. The first-order valence-electron chi connectivity index (χ1n) is 7.55. The average molecular weight is 342 g/mol. The molecule has 0 radical (unpaired) electrons. The molecule has 128 valence electrons. The van der Waals surface area contributed by atoms with E-state index in [2.05, 4.69) is 16.0 Å². The summed E-state index contributed by atoms with van der Waals surface area (Å²) in [5.74, 6) is 1.09. The maximum absolute atomic E-state index is 11.9. The first-order valence-corrected chi connectivity index (χ1v) is 7.55. The number of hydrogen-bond acceptors (Lipinski definition) is 4. The molecular weight excluding hydrogens is 318 g/mol. The zero-order valence-corrected chi connectivity index (χ0v) is 14.2. The van der Waals surface area contributed by atoms with Crippen molar-refractivity contribution in [2.75, 3.05) is 31.6 Å². The van der Waals surface area contributed by atoms with Gasteiger partial charge in [0.25, 0.3) is 0 Å². The van der Waals surface area contributed by atoms with E-state index in [1.165, 1.54) is 6.92 Å². The van der Waals surface area contributed by atoms with E-state index < -0.39 is 0 Å². The maximum atomic E-state index is 11.9. The van der Waals surface area contributed by atoms with Gasteiger partial charge in [0.15, 0.2) is 0 Å². The van der Waals surface area contributed by atoms with Gasteiger partial charge in [-0.1, -0.05) is 13.0 Å². The van der Waals surface area contributed by atoms with E-state index in [4.69, 9.17) is 4.74 Å². The molecule has 3 N–H and O–H groups in total. The maximum Gasteiger partial charge on any atom is 0.223 e. The van der Waals surface area contributed by atoms with Crippen LogP contribution in [0.15, 0.2) is 24.3 Å². The van der Waals surface area contributed by atoms with Gasteiger partial charge < -0.3 is 20.7 Å². The minimum absolute atomic E-state index is 0. The van der Waals surface area contributed by atoms with Crippen LogP contribution in [0.1, 0.15) is 13.8 Å². The Kier molecular flexibility index (Phi) is 7.85. The fourth-order valence-corrected chi connectivity index (χ4v) is 2.25. The molecule has 0 aliphatic carbocycles. The van der Waals surface area contributed by atoms with Crippen LogP contribution < -0.4 is 20.7 Å². The molecule has 2 amide bonds. The second-order valence-electron chi connectivity index (χ2n) is 5.56. The Hall–Kier alpha value is -1.79. The standard InChI is InChI=1S/C16H23N3O3.ClH/c1-11(13-9-17-10-13)16(21)18-6-7-22-15-5-3-4-14(8-15)19-12(2)20;/h3-5,8,11,13,17H,6-7,9-10H2,1-2H3,(H,18,21)(H,19,20);1H. The number of anilines is 1. The monoisotopic (exact) mass is 341 g/mol. The molecule has 0 spiro atoms. The topological polar surface area (TPSA) is 79.5 Å². The van der Waals surface area contributed by atoms with E-state index in [9.17, 15) is 9.59 Å². The third kappa shape index (κ3) is 6.08. The molecule has 1 aromatic rings. The van der Waals surface area contributed by atoms with Gasteiger partial charge in [-0.15, -0.1) is 12.4 Å². The van der Waals surface area contributed by atoms with Gasteiger partial charge in [0.2, 0.25) is 11.8 Å². The molecule has 1 saturated heterocycles. The first kappa shape index (κ1) is 19.3. The van der Waals surface area contributed by atoms with Gasteiger partial charge in [-0.2, -0.15) is 0 Å². The highest BCUT2D eigenvalue weighted by atomic mass is 35.5. The largest absolute Gasteiger partial charge is 0.492 e. The van der Waals surface area contributed by atoms with E-state index in [1.807, 2.05) is 19.1 Å². The number of amides is 2. The third-order valence-corrected chi connectivity index (χ3v) is 3.76. The van der Waals surface area contributed by atoms with Crippen LogP contribution in [0.4, 0.5) is 5.69 Å². The summed E-state index contributed by atoms with van der Waals surface area (Å²) in [6, 6.07) is 7.18. The molecule has 1 aromatic carbocycles. The molecule has 2 rings (SSSR count). The SMILES string of the molecule is CC(=O)Nc1cccc(OCCNC(=O)C(C)C2CNC2)c1.Cl. The highest BCUT2D eigenvalue weighted by molar-refractivity contribution is 5.88. The van der Waals surface area contributed by atoms with Crippen LogP contribution in [0.3, 0.4) is 0 Å². The number of nitrogens with one attached hydrogen (secondary N) is 3. The lowest BCUT2D eigenvalue weighted by Crippen LogP contribution is -2.49. The number of carbonyl (C=O) groups is 2. The summed E-state index contributed by atoms with van der Waals surface area (Å²) in [6.45, 7) is 6.11. The van der Waals surface area contributed by atoms with Gasteiger partial charge in [0, 0.05) is 24.6 Å². The fourth-order valence-electron chi connectivity index (χ4n) is 2.25. The summed E-state index contributed by atoms with van der Waals surface area (Å²) >= 11 is 0. The molecular formula is C16H24ClN3O3. The lowest BCUT2D eigenvalue weighted by molar-refractivity contribution is -0.126. The number of hydrogen-bond donors (Lipinski definition) is 3. The Bertz CT molecular complexity index is 535. The van der Waals surface area contributed by atoms with Crippen molar-refractivity contribution in [1.29, 1.82) is 0 Å². The average Bonchev–Trinajstić information content (AvgIpc) is 2.41. The van der Waals surface area contributed by atoms with Crippen LogP contribution >= 0.6 is 12.4 Å². The Morgan fingerprint density at radius 2 is 2.13 bits per heavy atom. The summed E-state index contributed by atoms with van der Waals surface area (Å²) in [5.41, 5.74) is 0.695. The van der Waals surface area contributed by atoms with Crippen LogP contribution in [0, 0.1) is 11.8 Å². The molecule has 1 fully saturated rings. The van der Waals surface area contributed by atoms with Crippen LogP contribution in [0.2, 0.25) is 0 Å². The number of carbonyl (C=O) groups excluding carboxylic acids is 2. The van der Waals surface area contributed by atoms with E-state index in [0.29, 0.717) is 30.5 Å². The molecule has 1 aliphatic heterocycles. The minimum atomic E-state index is -0.121. The molecule has 1 aliphatic rings. The first-order chi connectivity index (χ1) is 10.6. The number of benzene rings is 1. The van der Waals surface area contributed by atoms with E-state index in [1.54, 1.807) is 12.1 Å². The smallest absolute Gasteiger partial charge is 0.223 e. The van der Waals surface area contributed by atoms with Crippen LogP contribution in [-0.2, 0) is 9.59 Å². The molecule has 7 heteroatoms. The number of rotatable bonds is 7. The van der Waals surface area contributed by atoms with Gasteiger partial charge >= 0.3 is 0 Å². The van der Waals surface area contributed by atoms with Crippen molar-refractivity contribution in [3.63, 3.8) is 0 Å². The van der Waals surface area contributed by atoms with Gasteiger partial charge in [0.1, 0.15) is 12.4 Å². The molecule has 1 heterocycles. The van der Waals surface area contributed by atoms with Crippen LogP contribution in [0.25, 0.3) is 0 Å². The van der Waals surface area contributed by atoms with Crippen molar-refractivity contribution >= 4 is 29.9 Å². The summed E-state index contributed by atoms with van der Waals surface area (Å²) in [6.07, 6.45) is 0. The van der Waals surface area contributed by atoms with Crippen molar-refractivity contribution in [1.82, 2.24) is 10.6 Å². The Balaban J connectivity index is 0.00000264. The molecule has 1 unspecified atom stereocenters. The zero-order chi connectivity index (χ0) is 15.9. The second kappa shape index (κ2) is 9.37. The van der Waals surface area contributed by atoms with Gasteiger partial charge in [-0.05, 0) is 31.1 Å². The molecule has 23 heavy (non-hydrogen) atoms.